The number of morpholine rings is 1. The van der Waals surface area contributed by atoms with Crippen molar-refractivity contribution in [3.8, 4) is 0 Å². The molecule has 0 aliphatic carbocycles. The van der Waals surface area contributed by atoms with E-state index < -0.39 is 0 Å². The summed E-state index contributed by atoms with van der Waals surface area (Å²) in [7, 11) is 0. The van der Waals surface area contributed by atoms with Crippen molar-refractivity contribution < 1.29 is 4.74 Å². The minimum absolute atomic E-state index is 0.00600. The predicted molar refractivity (Wildman–Crippen MR) is 67.2 cm³/mol. The molecule has 0 saturated carbocycles. The summed E-state index contributed by atoms with van der Waals surface area (Å²) in [6, 6.07) is 5.52. The molecule has 0 radical (unpaired) electrons. The van der Waals surface area contributed by atoms with Crippen molar-refractivity contribution in [2.75, 3.05) is 13.1 Å². The zero-order valence-electron chi connectivity index (χ0n) is 9.39. The predicted octanol–water partition coefficient (Wildman–Crippen LogP) is 3.43. The molecule has 1 heterocycles. The molecule has 1 aliphatic heterocycles. The van der Waals surface area contributed by atoms with Gasteiger partial charge in [-0.25, -0.2) is 0 Å². The van der Waals surface area contributed by atoms with Gasteiger partial charge in [0.2, 0.25) is 0 Å². The Balaban J connectivity index is 2.23. The average Bonchev–Trinajstić information content (AvgIpc) is 2.15. The number of hydrogen-bond acceptors (Lipinski definition) is 2. The summed E-state index contributed by atoms with van der Waals surface area (Å²) in [5.74, 6) is 0. The van der Waals surface area contributed by atoms with Crippen LogP contribution in [0.15, 0.2) is 18.2 Å². The summed E-state index contributed by atoms with van der Waals surface area (Å²) in [6.07, 6.45) is -0.00600. The van der Waals surface area contributed by atoms with Gasteiger partial charge in [0.05, 0.1) is 11.7 Å². The van der Waals surface area contributed by atoms with Crippen molar-refractivity contribution in [3.63, 3.8) is 0 Å². The number of nitrogens with one attached hydrogen (secondary N) is 1. The maximum Gasteiger partial charge on any atom is 0.0971 e. The van der Waals surface area contributed by atoms with E-state index in [-0.39, 0.29) is 11.7 Å². The van der Waals surface area contributed by atoms with E-state index in [0.717, 1.165) is 18.7 Å². The van der Waals surface area contributed by atoms with E-state index >= 15 is 0 Å². The highest BCUT2D eigenvalue weighted by Crippen LogP contribution is 2.32. The third kappa shape index (κ3) is 2.69. The molecule has 2 rings (SSSR count). The molecular formula is C12H15Cl2NO. The van der Waals surface area contributed by atoms with Crippen LogP contribution in [0.4, 0.5) is 0 Å². The van der Waals surface area contributed by atoms with Crippen molar-refractivity contribution >= 4 is 23.2 Å². The zero-order valence-corrected chi connectivity index (χ0v) is 10.9. The summed E-state index contributed by atoms with van der Waals surface area (Å²) < 4.78 is 5.99. The van der Waals surface area contributed by atoms with Crippen LogP contribution in [-0.2, 0) is 4.74 Å². The van der Waals surface area contributed by atoms with Gasteiger partial charge in [-0.2, -0.15) is 0 Å². The van der Waals surface area contributed by atoms with Crippen LogP contribution in [0, 0.1) is 0 Å². The number of halogens is 2. The molecule has 1 aliphatic rings. The fraction of sp³-hybridized carbons (Fsp3) is 0.500. The van der Waals surface area contributed by atoms with Crippen molar-refractivity contribution in [1.82, 2.24) is 5.32 Å². The molecule has 2 nitrogen and oxygen atoms in total. The van der Waals surface area contributed by atoms with Gasteiger partial charge >= 0.3 is 0 Å². The lowest BCUT2D eigenvalue weighted by atomic mass is 10.0. The summed E-state index contributed by atoms with van der Waals surface area (Å²) in [4.78, 5) is 0. The third-order valence-electron chi connectivity index (χ3n) is 2.65. The monoisotopic (exact) mass is 259 g/mol. The Morgan fingerprint density at radius 2 is 2.12 bits per heavy atom. The Labute approximate surface area is 106 Å². The van der Waals surface area contributed by atoms with E-state index in [0.29, 0.717) is 10.0 Å². The van der Waals surface area contributed by atoms with Crippen molar-refractivity contribution in [3.05, 3.63) is 33.8 Å². The Morgan fingerprint density at radius 3 is 2.75 bits per heavy atom. The first-order chi connectivity index (χ1) is 7.48. The minimum Gasteiger partial charge on any atom is -0.365 e. The van der Waals surface area contributed by atoms with Gasteiger partial charge in [0.1, 0.15) is 0 Å². The van der Waals surface area contributed by atoms with Gasteiger partial charge in [-0.15, -0.1) is 0 Å². The molecule has 16 heavy (non-hydrogen) atoms. The molecule has 1 saturated heterocycles. The normalized spacial score (nSPS) is 24.4. The maximum absolute atomic E-state index is 6.16. The van der Waals surface area contributed by atoms with E-state index in [2.05, 4.69) is 19.2 Å². The number of rotatable bonds is 1. The quantitative estimate of drug-likeness (QED) is 0.835. The first kappa shape index (κ1) is 12.2. The molecule has 1 N–H and O–H groups in total. The summed E-state index contributed by atoms with van der Waals surface area (Å²) >= 11 is 12.0. The molecule has 1 fully saturated rings. The standard InChI is InChI=1S/C12H15Cl2NO/c1-12(2)7-15-6-11(16-12)9-4-3-8(13)5-10(9)14/h3-5,11,15H,6-7H2,1-2H3. The Bertz CT molecular complexity index is 393. The molecule has 0 amide bonds. The number of benzene rings is 1. The highest BCUT2D eigenvalue weighted by molar-refractivity contribution is 6.35. The fourth-order valence-electron chi connectivity index (χ4n) is 1.91. The summed E-state index contributed by atoms with van der Waals surface area (Å²) in [6.45, 7) is 5.77. The molecule has 4 heteroatoms. The van der Waals surface area contributed by atoms with Gasteiger partial charge in [-0.05, 0) is 26.0 Å². The van der Waals surface area contributed by atoms with Crippen LogP contribution in [0.2, 0.25) is 10.0 Å². The number of hydrogen-bond donors (Lipinski definition) is 1. The number of ether oxygens (including phenoxy) is 1. The van der Waals surface area contributed by atoms with Gasteiger partial charge in [0, 0.05) is 28.7 Å². The van der Waals surface area contributed by atoms with Crippen LogP contribution in [0.1, 0.15) is 25.5 Å². The maximum atomic E-state index is 6.16. The highest BCUT2D eigenvalue weighted by atomic mass is 35.5. The van der Waals surface area contributed by atoms with Gasteiger partial charge in [0.25, 0.3) is 0 Å². The van der Waals surface area contributed by atoms with Gasteiger partial charge in [0.15, 0.2) is 0 Å². The van der Waals surface area contributed by atoms with E-state index in [1.54, 1.807) is 6.07 Å². The van der Waals surface area contributed by atoms with Crippen LogP contribution < -0.4 is 5.32 Å². The fourth-order valence-corrected chi connectivity index (χ4v) is 2.44. The first-order valence-corrected chi connectivity index (χ1v) is 6.07. The molecule has 1 aromatic rings. The smallest absolute Gasteiger partial charge is 0.0971 e. The molecule has 1 unspecified atom stereocenters. The molecule has 0 aromatic heterocycles. The molecule has 1 atom stereocenters. The van der Waals surface area contributed by atoms with Gasteiger partial charge in [-0.1, -0.05) is 29.3 Å². The van der Waals surface area contributed by atoms with Crippen molar-refractivity contribution in [2.24, 2.45) is 0 Å². The van der Waals surface area contributed by atoms with E-state index in [4.69, 9.17) is 27.9 Å². The first-order valence-electron chi connectivity index (χ1n) is 5.31. The third-order valence-corrected chi connectivity index (χ3v) is 3.21. The lowest BCUT2D eigenvalue weighted by Gasteiger charge is -2.37. The minimum atomic E-state index is -0.161. The van der Waals surface area contributed by atoms with E-state index in [1.165, 1.54) is 0 Å². The lowest BCUT2D eigenvalue weighted by molar-refractivity contribution is -0.0958. The van der Waals surface area contributed by atoms with Crippen molar-refractivity contribution in [1.29, 1.82) is 0 Å². The van der Waals surface area contributed by atoms with Crippen LogP contribution in [0.5, 0.6) is 0 Å². The van der Waals surface area contributed by atoms with E-state index in [9.17, 15) is 0 Å². The van der Waals surface area contributed by atoms with Crippen molar-refractivity contribution in [2.45, 2.75) is 25.6 Å². The lowest BCUT2D eigenvalue weighted by Crippen LogP contribution is -2.46. The Morgan fingerprint density at radius 1 is 1.38 bits per heavy atom. The second-order valence-corrected chi connectivity index (χ2v) is 5.51. The molecule has 0 spiro atoms. The van der Waals surface area contributed by atoms with E-state index in [1.807, 2.05) is 12.1 Å². The average molecular weight is 260 g/mol. The van der Waals surface area contributed by atoms with Crippen LogP contribution in [0.25, 0.3) is 0 Å². The topological polar surface area (TPSA) is 21.3 Å². The summed E-state index contributed by atoms with van der Waals surface area (Å²) in [5, 5.41) is 4.66. The second kappa shape index (κ2) is 4.53. The van der Waals surface area contributed by atoms with Gasteiger partial charge in [-0.3, -0.25) is 0 Å². The Hall–Kier alpha value is -0.280. The summed E-state index contributed by atoms with van der Waals surface area (Å²) in [5.41, 5.74) is 0.831. The molecule has 0 bridgehead atoms. The highest BCUT2D eigenvalue weighted by Gasteiger charge is 2.30. The largest absolute Gasteiger partial charge is 0.365 e. The molecular weight excluding hydrogens is 245 g/mol. The van der Waals surface area contributed by atoms with Gasteiger partial charge < -0.3 is 10.1 Å². The Kier molecular flexibility index (Phi) is 3.45. The van der Waals surface area contributed by atoms with Crippen LogP contribution in [-0.4, -0.2) is 18.7 Å². The zero-order chi connectivity index (χ0) is 11.8. The SMILES string of the molecule is CC1(C)CNCC(c2ccc(Cl)cc2Cl)O1. The van der Waals surface area contributed by atoms with Crippen LogP contribution >= 0.6 is 23.2 Å². The molecule has 88 valence electrons. The van der Waals surface area contributed by atoms with Crippen LogP contribution in [0.3, 0.4) is 0 Å². The molecule has 1 aromatic carbocycles. The second-order valence-electron chi connectivity index (χ2n) is 4.66.